The van der Waals surface area contributed by atoms with Gasteiger partial charge in [-0.05, 0) is 162 Å². The first-order valence-electron chi connectivity index (χ1n) is 16.5. The molecule has 0 spiro atoms. The third-order valence-corrected chi connectivity index (χ3v) is 11.9. The van der Waals surface area contributed by atoms with Crippen molar-refractivity contribution in [1.29, 1.82) is 0 Å². The molecule has 0 amide bonds. The average Bonchev–Trinajstić information content (AvgIpc) is 3.64. The Morgan fingerprint density at radius 3 is 1.31 bits per heavy atom. The molecule has 0 unspecified atom stereocenters. The first kappa shape index (κ1) is 27.7. The zero-order chi connectivity index (χ0) is 29.4. The molecule has 0 saturated heterocycles. The van der Waals surface area contributed by atoms with Crippen molar-refractivity contribution >= 4 is 23.6 Å². The van der Waals surface area contributed by atoms with E-state index in [1.54, 1.807) is 0 Å². The molecule has 5 aliphatic rings. The van der Waals surface area contributed by atoms with Crippen LogP contribution >= 0.6 is 0 Å². The summed E-state index contributed by atoms with van der Waals surface area (Å²) < 4.78 is 0. The summed E-state index contributed by atoms with van der Waals surface area (Å²) in [6, 6.07) is 0. The van der Waals surface area contributed by atoms with Crippen molar-refractivity contribution in [1.82, 2.24) is 9.97 Å². The maximum atomic E-state index is 5.37. The number of hydrogen-bond donors (Lipinski definition) is 2. The highest BCUT2D eigenvalue weighted by molar-refractivity contribution is 6.09. The van der Waals surface area contributed by atoms with Gasteiger partial charge >= 0.3 is 0 Å². The molecule has 2 aromatic heterocycles. The van der Waals surface area contributed by atoms with Crippen molar-refractivity contribution in [3.05, 3.63) is 78.7 Å². The SMILES string of the molecule is CC1=C(C)C2=NC1=Cc1[nH]c(c(C)c1C)[C@@H]1CCC[C@H](C1)c1[nH]c(c(C)c1C)/C=C1\N=C(C(C)=C1C)[C@H]1CCC[C@H]2C1. The van der Waals surface area contributed by atoms with Crippen LogP contribution in [0.15, 0.2) is 43.7 Å². The van der Waals surface area contributed by atoms with Crippen molar-refractivity contribution in [2.45, 2.75) is 119 Å². The number of rotatable bonds is 0. The minimum absolute atomic E-state index is 0.496. The molecule has 2 N–H and O–H groups in total. The molecule has 5 heterocycles. The number of nitrogens with zero attached hydrogens (tertiary/aromatic N) is 2. The predicted molar refractivity (Wildman–Crippen MR) is 178 cm³/mol. The second-order valence-corrected chi connectivity index (χ2v) is 14.1. The zero-order valence-corrected chi connectivity index (χ0v) is 27.0. The Labute approximate surface area is 252 Å². The average molecular weight is 561 g/mol. The third-order valence-electron chi connectivity index (χ3n) is 11.9. The van der Waals surface area contributed by atoms with Crippen LogP contribution < -0.4 is 0 Å². The van der Waals surface area contributed by atoms with E-state index >= 15 is 0 Å². The molecule has 4 heteroatoms. The Morgan fingerprint density at radius 2 is 0.881 bits per heavy atom. The Bertz CT molecular complexity index is 1550. The van der Waals surface area contributed by atoms with E-state index in [0.717, 1.165) is 17.8 Å². The van der Waals surface area contributed by atoms with Gasteiger partial charge in [0.25, 0.3) is 0 Å². The van der Waals surface area contributed by atoms with Gasteiger partial charge in [0.05, 0.1) is 11.4 Å². The zero-order valence-electron chi connectivity index (χ0n) is 27.0. The first-order valence-corrected chi connectivity index (χ1v) is 16.5. The Hall–Kier alpha value is -3.14. The van der Waals surface area contributed by atoms with E-state index in [1.165, 1.54) is 124 Å². The van der Waals surface area contributed by atoms with E-state index in [2.05, 4.69) is 77.5 Å². The van der Waals surface area contributed by atoms with Crippen molar-refractivity contribution in [2.75, 3.05) is 0 Å². The molecule has 2 aromatic rings. The molecule has 12 bridgehead atoms. The molecule has 2 saturated carbocycles. The van der Waals surface area contributed by atoms with Crippen LogP contribution in [0.2, 0.25) is 0 Å². The van der Waals surface area contributed by atoms with E-state index in [9.17, 15) is 0 Å². The topological polar surface area (TPSA) is 56.3 Å². The molecule has 7 rings (SSSR count). The Balaban J connectivity index is 1.39. The maximum absolute atomic E-state index is 5.37. The summed E-state index contributed by atoms with van der Waals surface area (Å²) in [7, 11) is 0. The van der Waals surface area contributed by atoms with Gasteiger partial charge in [-0.25, -0.2) is 0 Å². The third kappa shape index (κ3) is 4.31. The van der Waals surface area contributed by atoms with Crippen LogP contribution in [-0.4, -0.2) is 21.4 Å². The van der Waals surface area contributed by atoms with E-state index < -0.39 is 0 Å². The molecule has 2 aliphatic carbocycles. The second-order valence-electron chi connectivity index (χ2n) is 14.1. The highest BCUT2D eigenvalue weighted by Crippen LogP contribution is 2.45. The lowest BCUT2D eigenvalue weighted by Crippen LogP contribution is -2.27. The van der Waals surface area contributed by atoms with Crippen molar-refractivity contribution in [3.8, 4) is 0 Å². The minimum Gasteiger partial charge on any atom is -0.358 e. The van der Waals surface area contributed by atoms with Gasteiger partial charge in [-0.2, -0.15) is 0 Å². The summed E-state index contributed by atoms with van der Waals surface area (Å²) >= 11 is 0. The standard InChI is InChI=1S/C38H48N4/c1-19-23(5)35-27-11-9-12-28(15-27)37-25(7)21(3)33(41-37)18-34-22(4)26(8)38(42-34)30-14-10-13-29(16-30)36-24(6)20(2)32(40-36)17-31(19)39-35/h17-18,27-30,39,41H,9-16H2,1-8H3/b32-17-,34-18?/t27-,28-,29+,30+/m1/s1. The lowest BCUT2D eigenvalue weighted by molar-refractivity contribution is 0.383. The van der Waals surface area contributed by atoms with Gasteiger partial charge in [0.1, 0.15) is 0 Å². The van der Waals surface area contributed by atoms with Crippen LogP contribution in [0.25, 0.3) is 12.2 Å². The molecule has 4 nitrogen and oxygen atoms in total. The normalized spacial score (nSPS) is 28.9. The van der Waals surface area contributed by atoms with E-state index in [0.29, 0.717) is 23.7 Å². The van der Waals surface area contributed by atoms with Crippen molar-refractivity contribution in [2.24, 2.45) is 21.8 Å². The summed E-state index contributed by atoms with van der Waals surface area (Å²) in [5.41, 5.74) is 21.4. The quantitative estimate of drug-likeness (QED) is 0.322. The highest BCUT2D eigenvalue weighted by Gasteiger charge is 2.35. The van der Waals surface area contributed by atoms with Crippen molar-refractivity contribution in [3.63, 3.8) is 0 Å². The number of hydrogen-bond acceptors (Lipinski definition) is 2. The maximum Gasteiger partial charge on any atom is 0.0686 e. The van der Waals surface area contributed by atoms with Gasteiger partial charge in [-0.15, -0.1) is 0 Å². The molecule has 4 atom stereocenters. The van der Waals surface area contributed by atoms with Crippen LogP contribution in [-0.2, 0) is 0 Å². The fraction of sp³-hybridized carbons (Fsp3) is 0.526. The van der Waals surface area contributed by atoms with Gasteiger partial charge in [-0.3, -0.25) is 9.98 Å². The number of nitrogens with one attached hydrogen (secondary N) is 2. The lowest BCUT2D eigenvalue weighted by atomic mass is 9.74. The minimum atomic E-state index is 0.496. The lowest BCUT2D eigenvalue weighted by Gasteiger charge is -2.30. The second kappa shape index (κ2) is 10.2. The van der Waals surface area contributed by atoms with Crippen LogP contribution in [0.1, 0.15) is 136 Å². The molecule has 0 aromatic carbocycles. The van der Waals surface area contributed by atoms with Gasteiger partial charge < -0.3 is 9.97 Å². The van der Waals surface area contributed by atoms with E-state index in [4.69, 9.17) is 9.98 Å². The van der Waals surface area contributed by atoms with Crippen LogP contribution in [0, 0.1) is 39.5 Å². The molecule has 3 aliphatic heterocycles. The highest BCUT2D eigenvalue weighted by atomic mass is 14.8. The fourth-order valence-corrected chi connectivity index (χ4v) is 8.69. The molecule has 42 heavy (non-hydrogen) atoms. The smallest absolute Gasteiger partial charge is 0.0686 e. The van der Waals surface area contributed by atoms with Crippen molar-refractivity contribution < 1.29 is 0 Å². The number of aliphatic imine (C=N–C) groups is 2. The number of allylic oxidation sites excluding steroid dienone is 4. The summed E-state index contributed by atoms with van der Waals surface area (Å²) in [6.45, 7) is 18.4. The van der Waals surface area contributed by atoms with Crippen LogP contribution in [0.5, 0.6) is 0 Å². The predicted octanol–water partition coefficient (Wildman–Crippen LogP) is 10.1. The van der Waals surface area contributed by atoms with Gasteiger partial charge in [0.15, 0.2) is 0 Å². The Morgan fingerprint density at radius 1 is 0.500 bits per heavy atom. The summed E-state index contributed by atoms with van der Waals surface area (Å²) in [6.07, 6.45) is 14.5. The fourth-order valence-electron chi connectivity index (χ4n) is 8.69. The first-order chi connectivity index (χ1) is 20.1. The molecular weight excluding hydrogens is 512 g/mol. The Kier molecular flexibility index (Phi) is 6.75. The monoisotopic (exact) mass is 560 g/mol. The van der Waals surface area contributed by atoms with E-state index in [1.807, 2.05) is 0 Å². The van der Waals surface area contributed by atoms with E-state index in [-0.39, 0.29) is 0 Å². The van der Waals surface area contributed by atoms with Gasteiger partial charge in [-0.1, -0.05) is 12.8 Å². The largest absolute Gasteiger partial charge is 0.358 e. The molecular formula is C38H48N4. The summed E-state index contributed by atoms with van der Waals surface area (Å²) in [5.74, 6) is 2.10. The molecule has 0 radical (unpaired) electrons. The number of aromatic amines is 2. The van der Waals surface area contributed by atoms with Gasteiger partial charge in [0, 0.05) is 46.0 Å². The summed E-state index contributed by atoms with van der Waals surface area (Å²) in [4.78, 5) is 18.6. The number of fused-ring (bicyclic) bond motifs is 14. The van der Waals surface area contributed by atoms with Gasteiger partial charge in [0.2, 0.25) is 0 Å². The van der Waals surface area contributed by atoms with Crippen LogP contribution in [0.4, 0.5) is 0 Å². The van der Waals surface area contributed by atoms with Crippen LogP contribution in [0.3, 0.4) is 0 Å². The number of aromatic nitrogens is 2. The summed E-state index contributed by atoms with van der Waals surface area (Å²) in [5, 5.41) is 0. The number of H-pyrrole nitrogens is 2. The molecule has 220 valence electrons. The molecule has 2 fully saturated rings.